The Kier molecular flexibility index (Phi) is 4.64. The van der Waals surface area contributed by atoms with Crippen molar-refractivity contribution in [3.63, 3.8) is 0 Å². The summed E-state index contributed by atoms with van der Waals surface area (Å²) in [7, 11) is 0. The minimum atomic E-state index is -1.22. The monoisotopic (exact) mass is 252 g/mol. The average molecular weight is 252 g/mol. The number of amides is 4. The minimum Gasteiger partial charge on any atom is -0.277 e. The van der Waals surface area contributed by atoms with Crippen molar-refractivity contribution in [3.05, 3.63) is 11.6 Å². The molecule has 18 heavy (non-hydrogen) atoms. The van der Waals surface area contributed by atoms with E-state index in [1.165, 1.54) is 0 Å². The SMILES string of the molecule is CC/C=C(\CCC)C1(CC)C(=O)NC(=O)NC1=O. The maximum atomic E-state index is 12.1. The average Bonchev–Trinajstić information content (AvgIpc) is 2.29. The molecule has 1 aliphatic heterocycles. The van der Waals surface area contributed by atoms with E-state index in [1.807, 2.05) is 19.9 Å². The fraction of sp³-hybridized carbons (Fsp3) is 0.615. The van der Waals surface area contributed by atoms with Crippen molar-refractivity contribution >= 4 is 17.8 Å². The van der Waals surface area contributed by atoms with Gasteiger partial charge in [-0.2, -0.15) is 0 Å². The first kappa shape index (κ1) is 14.4. The molecule has 0 radical (unpaired) electrons. The molecule has 0 atom stereocenters. The van der Waals surface area contributed by atoms with E-state index in [1.54, 1.807) is 6.92 Å². The summed E-state index contributed by atoms with van der Waals surface area (Å²) in [5.74, 6) is -1.01. The van der Waals surface area contributed by atoms with E-state index in [0.29, 0.717) is 12.8 Å². The summed E-state index contributed by atoms with van der Waals surface area (Å²) in [6.07, 6.45) is 4.55. The van der Waals surface area contributed by atoms with Gasteiger partial charge in [0.15, 0.2) is 0 Å². The quantitative estimate of drug-likeness (QED) is 0.579. The number of urea groups is 1. The molecule has 1 saturated heterocycles. The second-order valence-corrected chi connectivity index (χ2v) is 4.38. The molecular weight excluding hydrogens is 232 g/mol. The standard InChI is InChI=1S/C13H20N2O3/c1-4-7-9(8-5-2)13(6-3)10(16)14-12(18)15-11(13)17/h7H,4-6,8H2,1-3H3,(H2,14,15,16,17,18)/b9-7+. The third-order valence-corrected chi connectivity index (χ3v) is 3.28. The lowest BCUT2D eigenvalue weighted by molar-refractivity contribution is -0.142. The van der Waals surface area contributed by atoms with Crippen molar-refractivity contribution in [3.8, 4) is 0 Å². The van der Waals surface area contributed by atoms with E-state index in [0.717, 1.165) is 18.4 Å². The lowest BCUT2D eigenvalue weighted by atomic mass is 9.73. The van der Waals surface area contributed by atoms with Gasteiger partial charge in [0.1, 0.15) is 5.41 Å². The van der Waals surface area contributed by atoms with Crippen molar-refractivity contribution in [2.24, 2.45) is 5.41 Å². The van der Waals surface area contributed by atoms with Gasteiger partial charge >= 0.3 is 6.03 Å². The zero-order valence-electron chi connectivity index (χ0n) is 11.1. The highest BCUT2D eigenvalue weighted by Gasteiger charge is 2.50. The van der Waals surface area contributed by atoms with Crippen molar-refractivity contribution in [2.45, 2.75) is 46.5 Å². The number of carbonyl (C=O) groups is 3. The zero-order chi connectivity index (χ0) is 13.8. The maximum absolute atomic E-state index is 12.1. The summed E-state index contributed by atoms with van der Waals surface area (Å²) in [4.78, 5) is 35.4. The lowest BCUT2D eigenvalue weighted by Gasteiger charge is -2.35. The van der Waals surface area contributed by atoms with E-state index < -0.39 is 23.3 Å². The molecule has 5 heteroatoms. The van der Waals surface area contributed by atoms with Crippen LogP contribution in [0.5, 0.6) is 0 Å². The first-order valence-electron chi connectivity index (χ1n) is 6.39. The molecule has 0 aromatic heterocycles. The van der Waals surface area contributed by atoms with Gasteiger partial charge in [-0.15, -0.1) is 0 Å². The van der Waals surface area contributed by atoms with Crippen molar-refractivity contribution in [1.29, 1.82) is 0 Å². The molecule has 0 saturated carbocycles. The second kappa shape index (κ2) is 5.80. The zero-order valence-corrected chi connectivity index (χ0v) is 11.1. The molecule has 1 heterocycles. The van der Waals surface area contributed by atoms with Gasteiger partial charge in [0.2, 0.25) is 11.8 Å². The van der Waals surface area contributed by atoms with Crippen LogP contribution in [0.25, 0.3) is 0 Å². The Morgan fingerprint density at radius 1 is 1.11 bits per heavy atom. The van der Waals surface area contributed by atoms with E-state index in [-0.39, 0.29) is 0 Å². The van der Waals surface area contributed by atoms with Gasteiger partial charge in [0.05, 0.1) is 0 Å². The van der Waals surface area contributed by atoms with E-state index >= 15 is 0 Å². The number of imide groups is 2. The molecule has 0 bridgehead atoms. The Balaban J connectivity index is 3.24. The normalized spacial score (nSPS) is 19.5. The van der Waals surface area contributed by atoms with Crippen LogP contribution in [0.3, 0.4) is 0 Å². The fourth-order valence-electron chi connectivity index (χ4n) is 2.40. The minimum absolute atomic E-state index is 0.351. The molecule has 1 rings (SSSR count). The largest absolute Gasteiger partial charge is 0.328 e. The van der Waals surface area contributed by atoms with Gasteiger partial charge < -0.3 is 0 Å². The number of nitrogens with one attached hydrogen (secondary N) is 2. The Bertz CT molecular complexity index is 379. The van der Waals surface area contributed by atoms with Crippen LogP contribution in [0, 0.1) is 5.41 Å². The number of hydrogen-bond acceptors (Lipinski definition) is 3. The van der Waals surface area contributed by atoms with Gasteiger partial charge in [0.25, 0.3) is 0 Å². The number of barbiturate groups is 1. The van der Waals surface area contributed by atoms with Gasteiger partial charge in [0, 0.05) is 0 Å². The smallest absolute Gasteiger partial charge is 0.277 e. The number of carbonyl (C=O) groups excluding carboxylic acids is 3. The number of hydrogen-bond donors (Lipinski definition) is 2. The molecule has 0 aliphatic carbocycles. The molecule has 4 amide bonds. The molecule has 0 aromatic carbocycles. The fourth-order valence-corrected chi connectivity index (χ4v) is 2.40. The van der Waals surface area contributed by atoms with Gasteiger partial charge in [-0.1, -0.05) is 33.3 Å². The van der Waals surface area contributed by atoms with E-state index in [4.69, 9.17) is 0 Å². The number of rotatable bonds is 5. The van der Waals surface area contributed by atoms with Crippen LogP contribution in [0.2, 0.25) is 0 Å². The van der Waals surface area contributed by atoms with Crippen molar-refractivity contribution in [2.75, 3.05) is 0 Å². The highest BCUT2D eigenvalue weighted by Crippen LogP contribution is 2.36. The molecule has 0 aromatic rings. The summed E-state index contributed by atoms with van der Waals surface area (Å²) in [6.45, 7) is 5.74. The van der Waals surface area contributed by atoms with Gasteiger partial charge in [-0.3, -0.25) is 20.2 Å². The van der Waals surface area contributed by atoms with Crippen LogP contribution in [0.15, 0.2) is 11.6 Å². The highest BCUT2D eigenvalue weighted by atomic mass is 16.2. The summed E-state index contributed by atoms with van der Waals surface area (Å²) in [5, 5.41) is 4.40. The molecule has 100 valence electrons. The third-order valence-electron chi connectivity index (χ3n) is 3.28. The first-order chi connectivity index (χ1) is 8.52. The summed E-state index contributed by atoms with van der Waals surface area (Å²) in [6, 6.07) is -0.735. The van der Waals surface area contributed by atoms with Crippen LogP contribution in [-0.4, -0.2) is 17.8 Å². The van der Waals surface area contributed by atoms with Gasteiger partial charge in [-0.05, 0) is 24.8 Å². The van der Waals surface area contributed by atoms with E-state index in [9.17, 15) is 14.4 Å². The van der Waals surface area contributed by atoms with Gasteiger partial charge in [-0.25, -0.2) is 4.79 Å². The predicted octanol–water partition coefficient (Wildman–Crippen LogP) is 1.89. The van der Waals surface area contributed by atoms with Crippen LogP contribution in [0.4, 0.5) is 4.79 Å². The van der Waals surface area contributed by atoms with Crippen LogP contribution in [0.1, 0.15) is 46.5 Å². The lowest BCUT2D eigenvalue weighted by Crippen LogP contribution is -2.62. The Labute approximate surface area is 107 Å². The topological polar surface area (TPSA) is 75.3 Å². The molecule has 0 unspecified atom stereocenters. The second-order valence-electron chi connectivity index (χ2n) is 4.38. The summed E-state index contributed by atoms with van der Waals surface area (Å²) < 4.78 is 0. The Morgan fingerprint density at radius 2 is 1.67 bits per heavy atom. The van der Waals surface area contributed by atoms with Crippen LogP contribution >= 0.6 is 0 Å². The summed E-state index contributed by atoms with van der Waals surface area (Å²) >= 11 is 0. The Morgan fingerprint density at radius 3 is 2.06 bits per heavy atom. The molecular formula is C13H20N2O3. The Hall–Kier alpha value is -1.65. The molecule has 1 aliphatic rings. The molecule has 5 nitrogen and oxygen atoms in total. The molecule has 1 fully saturated rings. The number of allylic oxidation sites excluding steroid dienone is 1. The third kappa shape index (κ3) is 2.30. The summed E-state index contributed by atoms with van der Waals surface area (Å²) in [5.41, 5.74) is -0.419. The van der Waals surface area contributed by atoms with Crippen molar-refractivity contribution in [1.82, 2.24) is 10.6 Å². The molecule has 2 N–H and O–H groups in total. The van der Waals surface area contributed by atoms with E-state index in [2.05, 4.69) is 10.6 Å². The predicted molar refractivity (Wildman–Crippen MR) is 67.7 cm³/mol. The van der Waals surface area contributed by atoms with Crippen molar-refractivity contribution < 1.29 is 14.4 Å². The van der Waals surface area contributed by atoms with Crippen LogP contribution in [-0.2, 0) is 9.59 Å². The first-order valence-corrected chi connectivity index (χ1v) is 6.39. The highest BCUT2D eigenvalue weighted by molar-refractivity contribution is 6.21. The maximum Gasteiger partial charge on any atom is 0.328 e. The van der Waals surface area contributed by atoms with Crippen LogP contribution < -0.4 is 10.6 Å². The molecule has 0 spiro atoms.